The Bertz CT molecular complexity index is 698. The van der Waals surface area contributed by atoms with Gasteiger partial charge < -0.3 is 4.57 Å². The molecule has 0 N–H and O–H groups in total. The predicted octanol–water partition coefficient (Wildman–Crippen LogP) is 2.67. The van der Waals surface area contributed by atoms with E-state index in [-0.39, 0.29) is 10.2 Å². The molecular weight excluding hydrogens is 310 g/mol. The molecule has 0 radical (unpaired) electrons. The standard InChI is InChI=1S/C14H18ClN3O2S/c1-3-9-18(10-12-7-5-4-6-8-12)21(19,20)14-13(15)17(2)11-16-14/h4-8,11H,3,9-10H2,1-2H3. The molecular formula is C14H18ClN3O2S. The maximum Gasteiger partial charge on any atom is 0.263 e. The van der Waals surface area contributed by atoms with Crippen molar-refractivity contribution < 1.29 is 8.42 Å². The van der Waals surface area contributed by atoms with Crippen LogP contribution in [0.15, 0.2) is 41.7 Å². The maximum atomic E-state index is 12.7. The highest BCUT2D eigenvalue weighted by atomic mass is 35.5. The summed E-state index contributed by atoms with van der Waals surface area (Å²) < 4.78 is 28.4. The Balaban J connectivity index is 2.35. The summed E-state index contributed by atoms with van der Waals surface area (Å²) in [6, 6.07) is 9.48. The molecule has 21 heavy (non-hydrogen) atoms. The van der Waals surface area contributed by atoms with E-state index in [0.29, 0.717) is 13.1 Å². The van der Waals surface area contributed by atoms with Crippen LogP contribution in [0.5, 0.6) is 0 Å². The van der Waals surface area contributed by atoms with Crippen LogP contribution in [0.25, 0.3) is 0 Å². The van der Waals surface area contributed by atoms with Crippen LogP contribution in [0.2, 0.25) is 5.15 Å². The second kappa shape index (κ2) is 6.60. The van der Waals surface area contributed by atoms with Crippen molar-refractivity contribution in [1.29, 1.82) is 0 Å². The zero-order chi connectivity index (χ0) is 15.5. The largest absolute Gasteiger partial charge is 0.324 e. The Morgan fingerprint density at radius 2 is 1.95 bits per heavy atom. The number of halogens is 1. The zero-order valence-corrected chi connectivity index (χ0v) is 13.6. The summed E-state index contributed by atoms with van der Waals surface area (Å²) in [6.45, 7) is 2.67. The fourth-order valence-electron chi connectivity index (χ4n) is 2.01. The predicted molar refractivity (Wildman–Crippen MR) is 82.5 cm³/mol. The van der Waals surface area contributed by atoms with Crippen molar-refractivity contribution in [2.24, 2.45) is 7.05 Å². The summed E-state index contributed by atoms with van der Waals surface area (Å²) in [7, 11) is -2.04. The number of sulfonamides is 1. The van der Waals surface area contributed by atoms with Crippen LogP contribution in [0, 0.1) is 0 Å². The Morgan fingerprint density at radius 1 is 1.29 bits per heavy atom. The molecule has 0 bridgehead atoms. The third-order valence-electron chi connectivity index (χ3n) is 3.09. The van der Waals surface area contributed by atoms with Gasteiger partial charge in [0.25, 0.3) is 10.0 Å². The van der Waals surface area contributed by atoms with Crippen molar-refractivity contribution in [2.75, 3.05) is 6.54 Å². The van der Waals surface area contributed by atoms with Gasteiger partial charge in [-0.3, -0.25) is 0 Å². The van der Waals surface area contributed by atoms with Crippen molar-refractivity contribution in [2.45, 2.75) is 24.9 Å². The second-order valence-corrected chi connectivity index (χ2v) is 6.99. The van der Waals surface area contributed by atoms with Gasteiger partial charge >= 0.3 is 0 Å². The molecule has 0 atom stereocenters. The third kappa shape index (κ3) is 3.45. The minimum atomic E-state index is -3.70. The van der Waals surface area contributed by atoms with E-state index in [2.05, 4.69) is 4.98 Å². The number of hydrogen-bond donors (Lipinski definition) is 0. The van der Waals surface area contributed by atoms with E-state index in [0.717, 1.165) is 12.0 Å². The molecule has 0 spiro atoms. The fraction of sp³-hybridized carbons (Fsp3) is 0.357. The summed E-state index contributed by atoms with van der Waals surface area (Å²) in [5.41, 5.74) is 0.932. The first-order valence-electron chi connectivity index (χ1n) is 6.67. The lowest BCUT2D eigenvalue weighted by Crippen LogP contribution is -2.31. The van der Waals surface area contributed by atoms with Crippen LogP contribution in [-0.4, -0.2) is 28.8 Å². The van der Waals surface area contributed by atoms with E-state index < -0.39 is 10.0 Å². The average molecular weight is 328 g/mol. The van der Waals surface area contributed by atoms with E-state index >= 15 is 0 Å². The molecule has 2 aromatic rings. The topological polar surface area (TPSA) is 55.2 Å². The van der Waals surface area contributed by atoms with Gasteiger partial charge in [-0.05, 0) is 12.0 Å². The highest BCUT2D eigenvalue weighted by Gasteiger charge is 2.29. The molecule has 5 nitrogen and oxygen atoms in total. The summed E-state index contributed by atoms with van der Waals surface area (Å²) in [5, 5.41) is 0.0419. The molecule has 1 aromatic heterocycles. The monoisotopic (exact) mass is 327 g/mol. The number of aromatic nitrogens is 2. The van der Waals surface area contributed by atoms with E-state index in [1.807, 2.05) is 37.3 Å². The van der Waals surface area contributed by atoms with Crippen LogP contribution in [0.3, 0.4) is 0 Å². The highest BCUT2D eigenvalue weighted by Crippen LogP contribution is 2.24. The Labute approximate surface area is 130 Å². The molecule has 0 fully saturated rings. The Morgan fingerprint density at radius 3 is 2.48 bits per heavy atom. The lowest BCUT2D eigenvalue weighted by Gasteiger charge is -2.20. The molecule has 114 valence electrons. The van der Waals surface area contributed by atoms with Gasteiger partial charge in [0.2, 0.25) is 5.03 Å². The van der Waals surface area contributed by atoms with Crippen LogP contribution in [0.1, 0.15) is 18.9 Å². The van der Waals surface area contributed by atoms with Crippen molar-refractivity contribution in [3.8, 4) is 0 Å². The molecule has 7 heteroatoms. The number of aryl methyl sites for hydroxylation is 1. The molecule has 0 aliphatic heterocycles. The summed E-state index contributed by atoms with van der Waals surface area (Å²) >= 11 is 6.04. The normalized spacial score (nSPS) is 12.0. The van der Waals surface area contributed by atoms with Gasteiger partial charge in [0.15, 0.2) is 0 Å². The van der Waals surface area contributed by atoms with Crippen molar-refractivity contribution in [1.82, 2.24) is 13.9 Å². The number of hydrogen-bond acceptors (Lipinski definition) is 3. The second-order valence-electron chi connectivity index (χ2n) is 4.78. The summed E-state index contributed by atoms with van der Waals surface area (Å²) in [6.07, 6.45) is 2.12. The molecule has 0 aliphatic rings. The SMILES string of the molecule is CCCN(Cc1ccccc1)S(=O)(=O)c1ncn(C)c1Cl. The van der Waals surface area contributed by atoms with Gasteiger partial charge in [-0.15, -0.1) is 0 Å². The fourth-order valence-corrected chi connectivity index (χ4v) is 3.92. The molecule has 1 aromatic carbocycles. The van der Waals surface area contributed by atoms with Crippen LogP contribution >= 0.6 is 11.6 Å². The molecule has 2 rings (SSSR count). The van der Waals surface area contributed by atoms with E-state index in [4.69, 9.17) is 11.6 Å². The molecule has 1 heterocycles. The van der Waals surface area contributed by atoms with E-state index in [9.17, 15) is 8.42 Å². The first-order valence-corrected chi connectivity index (χ1v) is 8.49. The molecule has 0 aliphatic carbocycles. The number of imidazole rings is 1. The summed E-state index contributed by atoms with van der Waals surface area (Å²) in [4.78, 5) is 3.93. The number of benzene rings is 1. The van der Waals surface area contributed by atoms with Crippen LogP contribution in [-0.2, 0) is 23.6 Å². The lowest BCUT2D eigenvalue weighted by atomic mass is 10.2. The van der Waals surface area contributed by atoms with Crippen molar-refractivity contribution >= 4 is 21.6 Å². The maximum absolute atomic E-state index is 12.7. The van der Waals surface area contributed by atoms with E-state index in [1.165, 1.54) is 15.2 Å². The van der Waals surface area contributed by atoms with Gasteiger partial charge in [0.05, 0.1) is 6.33 Å². The average Bonchev–Trinajstić information content (AvgIpc) is 2.80. The minimum absolute atomic E-state index is 0.0870. The minimum Gasteiger partial charge on any atom is -0.324 e. The lowest BCUT2D eigenvalue weighted by molar-refractivity contribution is 0.404. The Kier molecular flexibility index (Phi) is 5.03. The van der Waals surface area contributed by atoms with Crippen LogP contribution < -0.4 is 0 Å². The molecule has 0 amide bonds. The van der Waals surface area contributed by atoms with Crippen molar-refractivity contribution in [3.63, 3.8) is 0 Å². The van der Waals surface area contributed by atoms with E-state index in [1.54, 1.807) is 7.05 Å². The number of rotatable bonds is 6. The molecule has 0 saturated heterocycles. The van der Waals surface area contributed by atoms with Gasteiger partial charge in [-0.2, -0.15) is 4.31 Å². The Hall–Kier alpha value is -1.37. The first-order chi connectivity index (χ1) is 9.96. The summed E-state index contributed by atoms with van der Waals surface area (Å²) in [5.74, 6) is 0. The van der Waals surface area contributed by atoms with Gasteiger partial charge in [0.1, 0.15) is 5.15 Å². The van der Waals surface area contributed by atoms with Crippen molar-refractivity contribution in [3.05, 3.63) is 47.4 Å². The van der Waals surface area contributed by atoms with Gasteiger partial charge in [0, 0.05) is 20.1 Å². The third-order valence-corrected chi connectivity index (χ3v) is 5.43. The quantitative estimate of drug-likeness (QED) is 0.819. The molecule has 0 unspecified atom stereocenters. The number of nitrogens with zero attached hydrogens (tertiary/aromatic N) is 3. The van der Waals surface area contributed by atoms with Crippen LogP contribution in [0.4, 0.5) is 0 Å². The first kappa shape index (κ1) is 16.0. The van der Waals surface area contributed by atoms with Gasteiger partial charge in [-0.25, -0.2) is 13.4 Å². The highest BCUT2D eigenvalue weighted by molar-refractivity contribution is 7.89. The van der Waals surface area contributed by atoms with Gasteiger partial charge in [-0.1, -0.05) is 48.9 Å². The smallest absolute Gasteiger partial charge is 0.263 e. The molecule has 0 saturated carbocycles. The zero-order valence-electron chi connectivity index (χ0n) is 12.0.